The fourth-order valence-corrected chi connectivity index (χ4v) is 2.43. The molecule has 2 rings (SSSR count). The molecular formula is C13H20N2. The molecule has 0 atom stereocenters. The summed E-state index contributed by atoms with van der Waals surface area (Å²) in [6.07, 6.45) is 15.2. The van der Waals surface area contributed by atoms with Crippen LogP contribution in [0.15, 0.2) is 25.3 Å². The van der Waals surface area contributed by atoms with Crippen molar-refractivity contribution in [2.45, 2.75) is 44.9 Å². The molecular weight excluding hydrogens is 184 g/mol. The van der Waals surface area contributed by atoms with E-state index in [1.165, 1.54) is 50.6 Å². The van der Waals surface area contributed by atoms with Crippen LogP contribution >= 0.6 is 0 Å². The Morgan fingerprint density at radius 3 is 2.40 bits per heavy atom. The second-order valence-corrected chi connectivity index (χ2v) is 4.50. The zero-order valence-corrected chi connectivity index (χ0v) is 9.36. The van der Waals surface area contributed by atoms with Gasteiger partial charge in [-0.3, -0.25) is 0 Å². The molecule has 1 aromatic heterocycles. The van der Waals surface area contributed by atoms with E-state index < -0.39 is 0 Å². The number of nitrogens with zero attached hydrogens (tertiary/aromatic N) is 2. The van der Waals surface area contributed by atoms with Crippen molar-refractivity contribution in [3.8, 4) is 0 Å². The molecule has 0 amide bonds. The van der Waals surface area contributed by atoms with Gasteiger partial charge in [0.1, 0.15) is 0 Å². The quantitative estimate of drug-likeness (QED) is 0.718. The minimum Gasteiger partial charge on any atom is -0.310 e. The lowest BCUT2D eigenvalue weighted by atomic mass is 9.89. The van der Waals surface area contributed by atoms with Gasteiger partial charge in [0.05, 0.1) is 6.33 Å². The smallest absolute Gasteiger partial charge is 0.0989 e. The molecule has 2 nitrogen and oxygen atoms in total. The maximum Gasteiger partial charge on any atom is 0.0989 e. The summed E-state index contributed by atoms with van der Waals surface area (Å²) in [6.45, 7) is 4.22. The van der Waals surface area contributed by atoms with Crippen molar-refractivity contribution in [1.29, 1.82) is 0 Å². The summed E-state index contributed by atoms with van der Waals surface area (Å²) in [7, 11) is 0. The van der Waals surface area contributed by atoms with Crippen LogP contribution in [-0.4, -0.2) is 9.55 Å². The van der Waals surface area contributed by atoms with E-state index in [4.69, 9.17) is 0 Å². The molecule has 15 heavy (non-hydrogen) atoms. The highest BCUT2D eigenvalue weighted by atomic mass is 15.0. The summed E-state index contributed by atoms with van der Waals surface area (Å²) in [6, 6.07) is 0. The second-order valence-electron chi connectivity index (χ2n) is 4.50. The van der Waals surface area contributed by atoms with Crippen molar-refractivity contribution < 1.29 is 0 Å². The topological polar surface area (TPSA) is 17.8 Å². The van der Waals surface area contributed by atoms with E-state index in [2.05, 4.69) is 16.1 Å². The van der Waals surface area contributed by atoms with Crippen LogP contribution in [0.4, 0.5) is 0 Å². The molecule has 1 aliphatic rings. The van der Waals surface area contributed by atoms with Crippen LogP contribution in [0.5, 0.6) is 0 Å². The number of hydrogen-bond acceptors (Lipinski definition) is 1. The first-order valence-corrected chi connectivity index (χ1v) is 6.05. The van der Waals surface area contributed by atoms with Gasteiger partial charge < -0.3 is 4.57 Å². The Labute approximate surface area is 92.0 Å². The first-order valence-electron chi connectivity index (χ1n) is 6.05. The van der Waals surface area contributed by atoms with Crippen molar-refractivity contribution in [2.75, 3.05) is 0 Å². The Morgan fingerprint density at radius 1 is 1.13 bits per heavy atom. The van der Waals surface area contributed by atoms with Crippen LogP contribution in [0.2, 0.25) is 0 Å². The molecule has 1 aromatic rings. The summed E-state index contributed by atoms with van der Waals surface area (Å²) in [5.41, 5.74) is 1.23. The molecule has 82 valence electrons. The Balaban J connectivity index is 1.98. The number of hydrogen-bond donors (Lipinski definition) is 0. The van der Waals surface area contributed by atoms with E-state index >= 15 is 0 Å². The molecule has 0 aromatic carbocycles. The molecule has 0 radical (unpaired) electrons. The highest BCUT2D eigenvalue weighted by Crippen LogP contribution is 2.29. The molecule has 0 aliphatic heterocycles. The van der Waals surface area contributed by atoms with E-state index in [1.54, 1.807) is 0 Å². The molecule has 0 spiro atoms. The van der Waals surface area contributed by atoms with Gasteiger partial charge in [-0.05, 0) is 18.8 Å². The Bertz CT molecular complexity index is 292. The lowest BCUT2D eigenvalue weighted by Gasteiger charge is -2.22. The monoisotopic (exact) mass is 204 g/mol. The molecule has 0 bridgehead atoms. The van der Waals surface area contributed by atoms with Crippen LogP contribution in [-0.2, 0) is 0 Å². The average Bonchev–Trinajstić information content (AvgIpc) is 2.68. The third-order valence-electron chi connectivity index (χ3n) is 3.41. The molecule has 2 heteroatoms. The Morgan fingerprint density at radius 2 is 1.80 bits per heavy atom. The minimum atomic E-state index is 0.666. The van der Waals surface area contributed by atoms with Gasteiger partial charge in [0.25, 0.3) is 0 Å². The summed E-state index contributed by atoms with van der Waals surface area (Å²) in [5, 5.41) is 0. The number of allylic oxidation sites excluding steroid dienone is 1. The molecule has 1 saturated carbocycles. The lowest BCUT2D eigenvalue weighted by molar-refractivity contribution is 0.435. The zero-order chi connectivity index (χ0) is 10.5. The van der Waals surface area contributed by atoms with Gasteiger partial charge in [0.15, 0.2) is 0 Å². The van der Waals surface area contributed by atoms with Crippen molar-refractivity contribution in [2.24, 2.45) is 5.92 Å². The van der Waals surface area contributed by atoms with Crippen LogP contribution < -0.4 is 0 Å². The molecule has 1 aliphatic carbocycles. The maximum atomic E-state index is 4.22. The van der Waals surface area contributed by atoms with Crippen LogP contribution in [0.25, 0.3) is 5.70 Å². The first kappa shape index (κ1) is 10.5. The van der Waals surface area contributed by atoms with Crippen molar-refractivity contribution in [3.63, 3.8) is 0 Å². The van der Waals surface area contributed by atoms with Crippen LogP contribution in [0.3, 0.4) is 0 Å². The van der Waals surface area contributed by atoms with Gasteiger partial charge >= 0.3 is 0 Å². The summed E-state index contributed by atoms with van der Waals surface area (Å²) < 4.78 is 2.08. The zero-order valence-electron chi connectivity index (χ0n) is 9.36. The van der Waals surface area contributed by atoms with Crippen LogP contribution in [0, 0.1) is 5.92 Å². The van der Waals surface area contributed by atoms with Gasteiger partial charge in [0, 0.05) is 18.1 Å². The Hall–Kier alpha value is -1.05. The standard InChI is InChI=1S/C13H20N2/c1-12(15-10-9-14-11-15)13-7-5-3-2-4-6-8-13/h9-11,13H,1-8H2. The SMILES string of the molecule is C=C(C1CCCCCCC1)n1ccnc1. The highest BCUT2D eigenvalue weighted by molar-refractivity contribution is 5.43. The van der Waals surface area contributed by atoms with Gasteiger partial charge in [-0.1, -0.05) is 38.7 Å². The predicted molar refractivity (Wildman–Crippen MR) is 63.4 cm³/mol. The van der Waals surface area contributed by atoms with E-state index in [-0.39, 0.29) is 0 Å². The molecule has 0 N–H and O–H groups in total. The fourth-order valence-electron chi connectivity index (χ4n) is 2.43. The lowest BCUT2D eigenvalue weighted by Crippen LogP contribution is -2.09. The van der Waals surface area contributed by atoms with E-state index in [1.807, 2.05) is 18.7 Å². The van der Waals surface area contributed by atoms with E-state index in [9.17, 15) is 0 Å². The molecule has 1 heterocycles. The minimum absolute atomic E-state index is 0.666. The van der Waals surface area contributed by atoms with Gasteiger partial charge in [-0.25, -0.2) is 4.98 Å². The predicted octanol–water partition coefficient (Wildman–Crippen LogP) is 3.71. The van der Waals surface area contributed by atoms with E-state index in [0.29, 0.717) is 5.92 Å². The largest absolute Gasteiger partial charge is 0.310 e. The van der Waals surface area contributed by atoms with Gasteiger partial charge in [0.2, 0.25) is 0 Å². The third kappa shape index (κ3) is 2.71. The fraction of sp³-hybridized carbons (Fsp3) is 0.615. The van der Waals surface area contributed by atoms with Crippen molar-refractivity contribution in [3.05, 3.63) is 25.3 Å². The summed E-state index contributed by atoms with van der Waals surface area (Å²) in [4.78, 5) is 4.08. The summed E-state index contributed by atoms with van der Waals surface area (Å²) >= 11 is 0. The average molecular weight is 204 g/mol. The number of rotatable bonds is 2. The molecule has 1 fully saturated rings. The maximum absolute atomic E-state index is 4.22. The highest BCUT2D eigenvalue weighted by Gasteiger charge is 2.15. The molecule has 0 unspecified atom stereocenters. The number of aromatic nitrogens is 2. The number of imidazole rings is 1. The van der Waals surface area contributed by atoms with Crippen LogP contribution in [0.1, 0.15) is 44.9 Å². The van der Waals surface area contributed by atoms with Gasteiger partial charge in [-0.2, -0.15) is 0 Å². The van der Waals surface area contributed by atoms with Gasteiger partial charge in [-0.15, -0.1) is 0 Å². The first-order chi connectivity index (χ1) is 7.38. The second kappa shape index (κ2) is 5.15. The normalized spacial score (nSPS) is 19.5. The Kier molecular flexibility index (Phi) is 3.59. The van der Waals surface area contributed by atoms with E-state index in [0.717, 1.165) is 0 Å². The molecule has 0 saturated heterocycles. The summed E-state index contributed by atoms with van der Waals surface area (Å²) in [5.74, 6) is 0.666. The third-order valence-corrected chi connectivity index (χ3v) is 3.41. The van der Waals surface area contributed by atoms with Crippen molar-refractivity contribution >= 4 is 5.70 Å². The van der Waals surface area contributed by atoms with Crippen molar-refractivity contribution in [1.82, 2.24) is 9.55 Å².